The first-order chi connectivity index (χ1) is 16.0. The van der Waals surface area contributed by atoms with E-state index in [1.54, 1.807) is 12.1 Å². The maximum Gasteiger partial charge on any atom is 0.346 e. The van der Waals surface area contributed by atoms with Crippen molar-refractivity contribution in [1.29, 1.82) is 0 Å². The van der Waals surface area contributed by atoms with Crippen LogP contribution in [0.2, 0.25) is 0 Å². The van der Waals surface area contributed by atoms with E-state index in [1.165, 1.54) is 18.9 Å². The molecule has 184 valence electrons. The number of ether oxygens (including phenoxy) is 1. The summed E-state index contributed by atoms with van der Waals surface area (Å²) in [6, 6.07) is 3.33. The third kappa shape index (κ3) is 4.73. The molecule has 2 atom stereocenters. The summed E-state index contributed by atoms with van der Waals surface area (Å²) >= 11 is 0. The van der Waals surface area contributed by atoms with Crippen LogP contribution in [0.5, 0.6) is 0 Å². The van der Waals surface area contributed by atoms with Gasteiger partial charge in [-0.25, -0.2) is 19.7 Å². The van der Waals surface area contributed by atoms with Crippen LogP contribution in [0, 0.1) is 11.8 Å². The topological polar surface area (TPSA) is 127 Å². The molecule has 2 aromatic heterocycles. The van der Waals surface area contributed by atoms with Gasteiger partial charge in [0.2, 0.25) is 11.5 Å². The molecular weight excluding hydrogens is 506 g/mol. The smallest absolute Gasteiger partial charge is 0.346 e. The molecule has 1 unspecified atom stereocenters. The monoisotopic (exact) mass is 535 g/mol. The Bertz CT molecular complexity index is 977. The first-order valence-corrected chi connectivity index (χ1v) is 11.7. The lowest BCUT2D eigenvalue weighted by Gasteiger charge is -2.51. The van der Waals surface area contributed by atoms with Gasteiger partial charge in [0.1, 0.15) is 25.0 Å². The van der Waals surface area contributed by atoms with Gasteiger partial charge >= 0.3 is 5.97 Å². The van der Waals surface area contributed by atoms with Crippen LogP contribution in [0.3, 0.4) is 0 Å². The van der Waals surface area contributed by atoms with Gasteiger partial charge in [0.05, 0.1) is 19.4 Å². The SMILES string of the molecule is O=C(C[N+]12CCC(CC1)C(OC(=O)[C@](O)(c1ccco1)C1CCCC1)C2)Nc1ncncn1.[Br-]. The van der Waals surface area contributed by atoms with Crippen LogP contribution >= 0.6 is 0 Å². The van der Waals surface area contributed by atoms with Gasteiger partial charge in [-0.1, -0.05) is 12.8 Å². The van der Waals surface area contributed by atoms with Crippen LogP contribution < -0.4 is 22.3 Å². The van der Waals surface area contributed by atoms with E-state index >= 15 is 0 Å². The zero-order valence-electron chi connectivity index (χ0n) is 18.9. The van der Waals surface area contributed by atoms with E-state index in [0.29, 0.717) is 11.0 Å². The molecule has 1 saturated carbocycles. The predicted octanol–water partition coefficient (Wildman–Crippen LogP) is -1.36. The third-order valence-electron chi connectivity index (χ3n) is 7.68. The van der Waals surface area contributed by atoms with E-state index in [2.05, 4.69) is 20.3 Å². The number of halogens is 1. The number of furan rings is 1. The number of amides is 1. The number of nitrogens with one attached hydrogen (secondary N) is 1. The Morgan fingerprint density at radius 3 is 2.53 bits per heavy atom. The standard InChI is InChI=1S/C23H29N5O5.BrH/c29-20(27-22-25-14-24-15-26-22)13-28-9-7-16(8-10-28)18(12-28)33-21(30)23(31,17-4-1-2-5-17)19-6-3-11-32-19;/h3,6,11,14-18,31H,1-2,4-5,7-10,12-13H2;1H/t16?,18?,23-,28?;/m1./s1. The van der Waals surface area contributed by atoms with Crippen molar-refractivity contribution in [2.75, 3.05) is 31.5 Å². The predicted molar refractivity (Wildman–Crippen MR) is 115 cm³/mol. The molecule has 2 bridgehead atoms. The van der Waals surface area contributed by atoms with Crippen LogP contribution in [0.25, 0.3) is 0 Å². The Morgan fingerprint density at radius 1 is 1.18 bits per heavy atom. The fourth-order valence-corrected chi connectivity index (χ4v) is 5.88. The zero-order chi connectivity index (χ0) is 22.9. The van der Waals surface area contributed by atoms with Crippen molar-refractivity contribution >= 4 is 17.8 Å². The van der Waals surface area contributed by atoms with E-state index in [9.17, 15) is 14.7 Å². The Balaban J connectivity index is 0.00000274. The van der Waals surface area contributed by atoms with E-state index in [-0.39, 0.29) is 59.1 Å². The minimum atomic E-state index is -1.77. The highest BCUT2D eigenvalue weighted by Gasteiger charge is 2.54. The minimum Gasteiger partial charge on any atom is -1.00 e. The number of carbonyl (C=O) groups excluding carboxylic acids is 2. The quantitative estimate of drug-likeness (QED) is 0.328. The molecule has 34 heavy (non-hydrogen) atoms. The average Bonchev–Trinajstić information content (AvgIpc) is 3.54. The summed E-state index contributed by atoms with van der Waals surface area (Å²) in [6.07, 6.45) is 9.03. The van der Waals surface area contributed by atoms with Gasteiger partial charge in [-0.05, 0) is 25.0 Å². The fourth-order valence-electron chi connectivity index (χ4n) is 5.88. The molecule has 3 aliphatic heterocycles. The van der Waals surface area contributed by atoms with E-state index in [4.69, 9.17) is 9.15 Å². The van der Waals surface area contributed by atoms with Crippen LogP contribution in [-0.4, -0.2) is 68.7 Å². The Kier molecular flexibility index (Phi) is 7.34. The van der Waals surface area contributed by atoms with Crippen LogP contribution in [0.15, 0.2) is 35.5 Å². The molecule has 11 heteroatoms. The Morgan fingerprint density at radius 2 is 1.88 bits per heavy atom. The Labute approximate surface area is 208 Å². The molecule has 2 aromatic rings. The number of piperidine rings is 3. The summed E-state index contributed by atoms with van der Waals surface area (Å²) in [5, 5.41) is 14.3. The summed E-state index contributed by atoms with van der Waals surface area (Å²) in [4.78, 5) is 37.8. The molecule has 0 aromatic carbocycles. The van der Waals surface area contributed by atoms with Gasteiger partial charge < -0.3 is 35.7 Å². The van der Waals surface area contributed by atoms with E-state index in [1.807, 2.05) is 0 Å². The van der Waals surface area contributed by atoms with Gasteiger partial charge in [-0.2, -0.15) is 0 Å². The molecule has 1 amide bonds. The molecule has 0 radical (unpaired) electrons. The average molecular weight is 536 g/mol. The second-order valence-corrected chi connectivity index (χ2v) is 9.65. The molecule has 4 fully saturated rings. The lowest BCUT2D eigenvalue weighted by atomic mass is 9.81. The van der Waals surface area contributed by atoms with Gasteiger partial charge in [-0.15, -0.1) is 0 Å². The highest BCUT2D eigenvalue weighted by Crippen LogP contribution is 2.43. The van der Waals surface area contributed by atoms with Gasteiger partial charge in [0.25, 0.3) is 5.91 Å². The summed E-state index contributed by atoms with van der Waals surface area (Å²) in [5.74, 6) is -0.304. The number of aromatic nitrogens is 3. The highest BCUT2D eigenvalue weighted by molar-refractivity contribution is 5.89. The second-order valence-electron chi connectivity index (χ2n) is 9.65. The van der Waals surface area contributed by atoms with Crippen molar-refractivity contribution < 1.29 is 45.3 Å². The summed E-state index contributed by atoms with van der Waals surface area (Å²) in [6.45, 7) is 2.53. The van der Waals surface area contributed by atoms with E-state index < -0.39 is 11.6 Å². The molecule has 10 nitrogen and oxygen atoms in total. The van der Waals surface area contributed by atoms with Crippen molar-refractivity contribution in [3.05, 3.63) is 36.8 Å². The first-order valence-electron chi connectivity index (χ1n) is 11.7. The number of aliphatic hydroxyl groups is 1. The van der Waals surface area contributed by atoms with Crippen molar-refractivity contribution in [3.63, 3.8) is 0 Å². The number of nitrogens with zero attached hydrogens (tertiary/aromatic N) is 4. The van der Waals surface area contributed by atoms with Crippen molar-refractivity contribution in [3.8, 4) is 0 Å². The molecular formula is C23H30BrN5O5. The molecule has 5 heterocycles. The second kappa shape index (κ2) is 10.1. The number of hydrogen-bond donors (Lipinski definition) is 2. The number of hydrogen-bond acceptors (Lipinski definition) is 8. The molecule has 4 aliphatic rings. The number of anilines is 1. The highest BCUT2D eigenvalue weighted by atomic mass is 79.9. The minimum absolute atomic E-state index is 0. The normalized spacial score (nSPS) is 28.0. The van der Waals surface area contributed by atoms with Gasteiger partial charge in [0.15, 0.2) is 12.6 Å². The Hall–Kier alpha value is -2.37. The lowest BCUT2D eigenvalue weighted by molar-refractivity contribution is -0.939. The zero-order valence-corrected chi connectivity index (χ0v) is 20.5. The molecule has 3 saturated heterocycles. The maximum absolute atomic E-state index is 13.4. The summed E-state index contributed by atoms with van der Waals surface area (Å²) in [5.41, 5.74) is -1.77. The summed E-state index contributed by atoms with van der Waals surface area (Å²) in [7, 11) is 0. The fraction of sp³-hybridized carbons (Fsp3) is 0.609. The number of quaternary nitrogens is 1. The molecule has 0 spiro atoms. The first kappa shape index (κ1) is 24.7. The lowest BCUT2D eigenvalue weighted by Crippen LogP contribution is -3.00. The van der Waals surface area contributed by atoms with E-state index in [0.717, 1.165) is 51.6 Å². The maximum atomic E-state index is 13.4. The largest absolute Gasteiger partial charge is 1.00 e. The molecule has 2 N–H and O–H groups in total. The van der Waals surface area contributed by atoms with Crippen LogP contribution in [-0.2, 0) is 19.9 Å². The van der Waals surface area contributed by atoms with Crippen molar-refractivity contribution in [2.24, 2.45) is 11.8 Å². The number of rotatable bonds is 7. The van der Waals surface area contributed by atoms with Crippen LogP contribution in [0.4, 0.5) is 5.95 Å². The number of carbonyl (C=O) groups is 2. The van der Waals surface area contributed by atoms with Gasteiger partial charge in [0, 0.05) is 24.7 Å². The summed E-state index contributed by atoms with van der Waals surface area (Å²) < 4.78 is 12.1. The third-order valence-corrected chi connectivity index (χ3v) is 7.68. The van der Waals surface area contributed by atoms with Crippen molar-refractivity contribution in [1.82, 2.24) is 15.0 Å². The van der Waals surface area contributed by atoms with Crippen LogP contribution in [0.1, 0.15) is 44.3 Å². The molecule has 1 aliphatic carbocycles. The number of esters is 1. The molecule has 6 rings (SSSR count). The van der Waals surface area contributed by atoms with Gasteiger partial charge in [-0.3, -0.25) is 10.1 Å². The van der Waals surface area contributed by atoms with Crippen molar-refractivity contribution in [2.45, 2.75) is 50.2 Å². The number of fused-ring (bicyclic) bond motifs is 3.